The van der Waals surface area contributed by atoms with Crippen molar-refractivity contribution in [2.75, 3.05) is 13.6 Å². The van der Waals surface area contributed by atoms with Crippen LogP contribution in [0.25, 0.3) is 0 Å². The van der Waals surface area contributed by atoms with E-state index in [1.54, 1.807) is 23.3 Å². The van der Waals surface area contributed by atoms with Crippen LogP contribution in [0.2, 0.25) is 0 Å². The van der Waals surface area contributed by atoms with Crippen molar-refractivity contribution in [1.29, 1.82) is 0 Å². The van der Waals surface area contributed by atoms with Gasteiger partial charge in [0.2, 0.25) is 0 Å². The Morgan fingerprint density at radius 2 is 2.33 bits per heavy atom. The van der Waals surface area contributed by atoms with Crippen molar-refractivity contribution in [2.24, 2.45) is 0 Å². The van der Waals surface area contributed by atoms with Crippen LogP contribution in [-0.2, 0) is 11.3 Å². The number of aliphatic carboxylic acids is 1. The van der Waals surface area contributed by atoms with E-state index in [1.807, 2.05) is 16.8 Å². The summed E-state index contributed by atoms with van der Waals surface area (Å²) in [6, 6.07) is 1.98. The second kappa shape index (κ2) is 4.74. The van der Waals surface area contributed by atoms with Crippen molar-refractivity contribution in [2.45, 2.75) is 19.1 Å². The number of aliphatic hydroxyl groups is 1. The number of carboxylic acids is 1. The Labute approximate surface area is 92.8 Å². The monoisotopic (exact) mass is 229 g/mol. The third-order valence-electron chi connectivity index (χ3n) is 2.07. The quantitative estimate of drug-likeness (QED) is 0.791. The fraction of sp³-hybridized carbons (Fsp3) is 0.500. The van der Waals surface area contributed by atoms with Gasteiger partial charge in [-0.05, 0) is 36.4 Å². The standard InChI is InChI=1S/C10H15NO3S/c1-10(14,9(12)13)7-11(2)5-8-3-4-15-6-8/h3-4,6,14H,5,7H2,1-2H3,(H,12,13). The van der Waals surface area contributed by atoms with Gasteiger partial charge in [0.05, 0.1) is 0 Å². The number of carbonyl (C=O) groups is 1. The predicted octanol–water partition coefficient (Wildman–Crippen LogP) is 1.02. The largest absolute Gasteiger partial charge is 0.479 e. The molecular formula is C10H15NO3S. The van der Waals surface area contributed by atoms with Crippen molar-refractivity contribution in [3.63, 3.8) is 0 Å². The van der Waals surface area contributed by atoms with Crippen LogP contribution in [0.5, 0.6) is 0 Å². The van der Waals surface area contributed by atoms with E-state index in [-0.39, 0.29) is 6.54 Å². The molecule has 0 radical (unpaired) electrons. The number of hydrogen-bond acceptors (Lipinski definition) is 4. The van der Waals surface area contributed by atoms with Crippen molar-refractivity contribution in [3.8, 4) is 0 Å². The molecule has 0 fully saturated rings. The van der Waals surface area contributed by atoms with E-state index < -0.39 is 11.6 Å². The highest BCUT2D eigenvalue weighted by Gasteiger charge is 2.31. The highest BCUT2D eigenvalue weighted by Crippen LogP contribution is 2.11. The summed E-state index contributed by atoms with van der Waals surface area (Å²) in [5, 5.41) is 22.3. The van der Waals surface area contributed by atoms with Gasteiger partial charge < -0.3 is 10.2 Å². The topological polar surface area (TPSA) is 60.8 Å². The second-order valence-electron chi connectivity index (χ2n) is 3.88. The average Bonchev–Trinajstić information content (AvgIpc) is 2.54. The molecule has 1 aromatic rings. The zero-order valence-electron chi connectivity index (χ0n) is 8.80. The number of hydrogen-bond donors (Lipinski definition) is 2. The molecule has 84 valence electrons. The number of rotatable bonds is 5. The third-order valence-corrected chi connectivity index (χ3v) is 2.80. The zero-order valence-corrected chi connectivity index (χ0v) is 9.62. The van der Waals surface area contributed by atoms with Gasteiger partial charge in [-0.25, -0.2) is 4.79 Å². The van der Waals surface area contributed by atoms with Crippen molar-refractivity contribution >= 4 is 17.3 Å². The van der Waals surface area contributed by atoms with E-state index in [9.17, 15) is 9.90 Å². The second-order valence-corrected chi connectivity index (χ2v) is 4.66. The Hall–Kier alpha value is -0.910. The summed E-state index contributed by atoms with van der Waals surface area (Å²) in [6.45, 7) is 2.06. The maximum atomic E-state index is 10.7. The van der Waals surface area contributed by atoms with Gasteiger partial charge in [0.1, 0.15) is 0 Å². The van der Waals surface area contributed by atoms with Gasteiger partial charge in [0.15, 0.2) is 5.60 Å². The molecule has 1 aromatic heterocycles. The van der Waals surface area contributed by atoms with Gasteiger partial charge in [0, 0.05) is 13.1 Å². The molecule has 0 spiro atoms. The van der Waals surface area contributed by atoms with Gasteiger partial charge in [-0.2, -0.15) is 11.3 Å². The summed E-state index contributed by atoms with van der Waals surface area (Å²) >= 11 is 1.60. The molecule has 0 saturated heterocycles. The van der Waals surface area contributed by atoms with E-state index in [0.717, 1.165) is 5.56 Å². The van der Waals surface area contributed by atoms with Gasteiger partial charge in [-0.1, -0.05) is 0 Å². The Bertz CT molecular complexity index is 321. The number of thiophene rings is 1. The smallest absolute Gasteiger partial charge is 0.336 e. The van der Waals surface area contributed by atoms with Crippen LogP contribution in [0.4, 0.5) is 0 Å². The normalized spacial score (nSPS) is 15.2. The van der Waals surface area contributed by atoms with Gasteiger partial charge >= 0.3 is 5.97 Å². The summed E-state index contributed by atoms with van der Waals surface area (Å²) in [5.41, 5.74) is -0.561. The van der Waals surface area contributed by atoms with Crippen molar-refractivity contribution in [1.82, 2.24) is 4.90 Å². The van der Waals surface area contributed by atoms with Crippen LogP contribution >= 0.6 is 11.3 Å². The van der Waals surface area contributed by atoms with E-state index in [1.165, 1.54) is 6.92 Å². The number of carboxylic acid groups (broad SMARTS) is 1. The minimum absolute atomic E-state index is 0.109. The van der Waals surface area contributed by atoms with Crippen molar-refractivity contribution in [3.05, 3.63) is 22.4 Å². The summed E-state index contributed by atoms with van der Waals surface area (Å²) < 4.78 is 0. The molecule has 0 aliphatic carbocycles. The molecule has 1 atom stereocenters. The first kappa shape index (κ1) is 12.2. The highest BCUT2D eigenvalue weighted by atomic mass is 32.1. The lowest BCUT2D eigenvalue weighted by Gasteiger charge is -2.24. The molecule has 0 aliphatic rings. The lowest BCUT2D eigenvalue weighted by Crippen LogP contribution is -2.45. The Kier molecular flexibility index (Phi) is 3.84. The number of likely N-dealkylation sites (N-methyl/N-ethyl adjacent to an activating group) is 1. The minimum Gasteiger partial charge on any atom is -0.479 e. The SMILES string of the molecule is CN(Cc1ccsc1)CC(C)(O)C(=O)O. The fourth-order valence-electron chi connectivity index (χ4n) is 1.34. The Morgan fingerprint density at radius 3 is 2.80 bits per heavy atom. The molecule has 0 saturated carbocycles. The lowest BCUT2D eigenvalue weighted by atomic mass is 10.1. The molecule has 15 heavy (non-hydrogen) atoms. The van der Waals surface area contributed by atoms with Gasteiger partial charge in [-0.3, -0.25) is 4.90 Å². The number of nitrogens with zero attached hydrogens (tertiary/aromatic N) is 1. The lowest BCUT2D eigenvalue weighted by molar-refractivity contribution is -0.158. The molecule has 4 nitrogen and oxygen atoms in total. The molecule has 1 rings (SSSR count). The van der Waals surface area contributed by atoms with Crippen LogP contribution in [0.3, 0.4) is 0 Å². The first-order valence-corrected chi connectivity index (χ1v) is 5.51. The van der Waals surface area contributed by atoms with E-state index in [4.69, 9.17) is 5.11 Å². The van der Waals surface area contributed by atoms with Crippen LogP contribution < -0.4 is 0 Å². The van der Waals surface area contributed by atoms with E-state index >= 15 is 0 Å². The molecule has 0 bridgehead atoms. The molecule has 0 aliphatic heterocycles. The maximum absolute atomic E-state index is 10.7. The van der Waals surface area contributed by atoms with Crippen LogP contribution in [0.15, 0.2) is 16.8 Å². The molecule has 0 amide bonds. The molecular weight excluding hydrogens is 214 g/mol. The summed E-state index contributed by atoms with van der Waals surface area (Å²) in [4.78, 5) is 12.5. The summed E-state index contributed by atoms with van der Waals surface area (Å²) in [7, 11) is 1.79. The third kappa shape index (κ3) is 3.62. The predicted molar refractivity (Wildman–Crippen MR) is 58.9 cm³/mol. The Morgan fingerprint density at radius 1 is 1.67 bits per heavy atom. The van der Waals surface area contributed by atoms with Crippen LogP contribution in [0.1, 0.15) is 12.5 Å². The molecule has 1 heterocycles. The summed E-state index contributed by atoms with van der Waals surface area (Å²) in [6.07, 6.45) is 0. The van der Waals surface area contributed by atoms with Gasteiger partial charge in [-0.15, -0.1) is 0 Å². The average molecular weight is 229 g/mol. The molecule has 2 N–H and O–H groups in total. The molecule has 0 aromatic carbocycles. The summed E-state index contributed by atoms with van der Waals surface area (Å²) in [5.74, 6) is -1.19. The van der Waals surface area contributed by atoms with Crippen molar-refractivity contribution < 1.29 is 15.0 Å². The molecule has 5 heteroatoms. The van der Waals surface area contributed by atoms with E-state index in [2.05, 4.69) is 0 Å². The highest BCUT2D eigenvalue weighted by molar-refractivity contribution is 7.07. The Balaban J connectivity index is 2.49. The zero-order chi connectivity index (χ0) is 11.5. The molecule has 1 unspecified atom stereocenters. The first-order valence-electron chi connectivity index (χ1n) is 4.57. The fourth-order valence-corrected chi connectivity index (χ4v) is 2.00. The van der Waals surface area contributed by atoms with E-state index in [0.29, 0.717) is 6.54 Å². The van der Waals surface area contributed by atoms with Crippen LogP contribution in [0, 0.1) is 0 Å². The first-order chi connectivity index (χ1) is 6.92. The minimum atomic E-state index is -1.69. The maximum Gasteiger partial charge on any atom is 0.336 e. The van der Waals surface area contributed by atoms with Gasteiger partial charge in [0.25, 0.3) is 0 Å². The van der Waals surface area contributed by atoms with Crippen LogP contribution in [-0.4, -0.2) is 40.3 Å².